The average Bonchev–Trinajstić information content (AvgIpc) is 1.66. The molecule has 2 aliphatic rings. The number of carboxylic acid groups (broad SMARTS) is 2. The molecule has 2 aliphatic carbocycles. The molecule has 2 saturated carbocycles. The Balaban J connectivity index is 0.000000232. The van der Waals surface area contributed by atoms with E-state index in [1.54, 1.807) is 36.4 Å². The number of rotatable bonds is 28. The van der Waals surface area contributed by atoms with Crippen LogP contribution < -0.4 is 59.9 Å². The van der Waals surface area contributed by atoms with Gasteiger partial charge in [-0.25, -0.2) is 17.6 Å². The molecular weight excluding hydrogens is 1200 g/mol. The predicted octanol–water partition coefficient (Wildman–Crippen LogP) is 10.3. The number of aromatic nitrogens is 2. The van der Waals surface area contributed by atoms with Gasteiger partial charge in [0.15, 0.2) is 46.1 Å². The quantitative estimate of drug-likeness (QED) is 0.0154. The van der Waals surface area contributed by atoms with Crippen molar-refractivity contribution < 1.29 is 85.0 Å². The van der Waals surface area contributed by atoms with Gasteiger partial charge in [0.2, 0.25) is 23.6 Å². The second kappa shape index (κ2) is 30.6. The van der Waals surface area contributed by atoms with Crippen LogP contribution in [0, 0.1) is 34.1 Å². The van der Waals surface area contributed by atoms with E-state index in [2.05, 4.69) is 31.2 Å². The number of pyridine rings is 2. The summed E-state index contributed by atoms with van der Waals surface area (Å²) in [4.78, 5) is 81.7. The molecule has 91 heavy (non-hydrogen) atoms. The minimum atomic E-state index is -1.30. The third-order valence-electron chi connectivity index (χ3n) is 14.5. The molecule has 0 spiro atoms. The van der Waals surface area contributed by atoms with E-state index in [-0.39, 0.29) is 72.0 Å². The van der Waals surface area contributed by atoms with Crippen molar-refractivity contribution in [2.24, 2.45) is 10.8 Å². The maximum atomic E-state index is 15.2. The molecule has 2 aromatic heterocycles. The van der Waals surface area contributed by atoms with Crippen molar-refractivity contribution in [1.29, 1.82) is 0 Å². The monoisotopic (exact) mass is 1260 g/mol. The van der Waals surface area contributed by atoms with Crippen LogP contribution >= 0.6 is 0 Å². The second-order valence-electron chi connectivity index (χ2n) is 21.0. The van der Waals surface area contributed by atoms with Crippen LogP contribution in [0.5, 0.6) is 46.0 Å². The molecule has 0 aliphatic heterocycles. The third kappa shape index (κ3) is 17.4. The van der Waals surface area contributed by atoms with Crippen molar-refractivity contribution in [2.45, 2.75) is 78.1 Å². The Bertz CT molecular complexity index is 3710. The van der Waals surface area contributed by atoms with Crippen LogP contribution in [0.2, 0.25) is 0 Å². The van der Waals surface area contributed by atoms with Crippen LogP contribution in [0.15, 0.2) is 134 Å². The first kappa shape index (κ1) is 67.2. The van der Waals surface area contributed by atoms with Gasteiger partial charge in [0, 0.05) is 82.1 Å². The van der Waals surface area contributed by atoms with Crippen LogP contribution in [-0.2, 0) is 28.8 Å². The zero-order valence-corrected chi connectivity index (χ0v) is 50.8. The first-order valence-corrected chi connectivity index (χ1v) is 28.8. The molecule has 6 aromatic carbocycles. The molecule has 0 unspecified atom stereocenters. The molecule has 2 fully saturated rings. The molecule has 8 aromatic rings. The van der Waals surface area contributed by atoms with Crippen LogP contribution in [0.4, 0.5) is 40.3 Å². The summed E-state index contributed by atoms with van der Waals surface area (Å²) in [7, 11) is 0. The van der Waals surface area contributed by atoms with Crippen LogP contribution in [0.25, 0.3) is 21.8 Å². The molecule has 0 bridgehead atoms. The SMILES string of the molecule is CCOc1cc2c(Oc3ccc(NC(=O)C4(C(=O)Nc5ccc(F)cc5)CC4)cc3F)ccnc2cc1OCCCCC(=O)[O-].CCOc1cc2c(Oc3ccc(NC(=O)C4(C(=O)Nc5ccc(F)cc5)CC4)cc3F)ccnc2cc1OCCCCC(=O)[O-].[Mg+2]. The Hall–Kier alpha value is -9.75. The van der Waals surface area contributed by atoms with E-state index >= 15 is 8.78 Å². The molecule has 2 heterocycles. The standard InChI is InChI=1S/2C33H31F2N3O7.Mg/c2*1-2-43-28-18-23-25(19-29(28)44-16-4-3-5-30(39)40)36-15-12-26(23)45-27-11-10-22(17-24(27)35)38-32(42)33(13-14-33)31(41)37-21-8-6-20(34)7-9-21;/h2*6-12,15,17-19H,2-5,13-14,16H2,1H3,(H,37,41)(H,38,42)(H,39,40);/q;;+2/p-2. The van der Waals surface area contributed by atoms with Gasteiger partial charge in [-0.3, -0.25) is 29.1 Å². The van der Waals surface area contributed by atoms with Gasteiger partial charge in [-0.2, -0.15) is 0 Å². The fraction of sp³-hybridized carbons (Fsp3) is 0.273. The number of benzene rings is 6. The summed E-state index contributed by atoms with van der Waals surface area (Å²) in [6.07, 6.45) is 6.03. The minimum absolute atomic E-state index is 0. The number of hydrogen-bond acceptors (Lipinski definition) is 16. The van der Waals surface area contributed by atoms with Crippen molar-refractivity contribution in [3.63, 3.8) is 0 Å². The van der Waals surface area contributed by atoms with E-state index in [1.165, 1.54) is 85.2 Å². The van der Waals surface area contributed by atoms with Crippen molar-refractivity contribution in [3.8, 4) is 46.0 Å². The Morgan fingerprint density at radius 1 is 0.429 bits per heavy atom. The first-order valence-electron chi connectivity index (χ1n) is 28.8. The number of fused-ring (bicyclic) bond motifs is 2. The number of halogens is 4. The van der Waals surface area contributed by atoms with Crippen LogP contribution in [0.1, 0.15) is 78.1 Å². The van der Waals surface area contributed by atoms with Crippen molar-refractivity contribution in [3.05, 3.63) is 157 Å². The number of nitrogens with zero attached hydrogens (tertiary/aromatic N) is 2. The Labute approximate surface area is 535 Å². The van der Waals surface area contributed by atoms with E-state index in [4.69, 9.17) is 28.4 Å². The first-order chi connectivity index (χ1) is 43.4. The molecule has 468 valence electrons. The number of nitrogens with one attached hydrogen (secondary N) is 4. The van der Waals surface area contributed by atoms with Crippen molar-refractivity contribution in [2.75, 3.05) is 47.7 Å². The van der Waals surface area contributed by atoms with E-state index in [0.717, 1.165) is 12.1 Å². The minimum Gasteiger partial charge on any atom is -0.550 e. The molecule has 20 nitrogen and oxygen atoms in total. The van der Waals surface area contributed by atoms with E-state index < -0.39 is 69.7 Å². The number of anilines is 4. The predicted molar refractivity (Wildman–Crippen MR) is 324 cm³/mol. The third-order valence-corrected chi connectivity index (χ3v) is 14.5. The smallest absolute Gasteiger partial charge is 0.550 e. The van der Waals surface area contributed by atoms with E-state index in [1.807, 2.05) is 13.8 Å². The molecule has 4 N–H and O–H groups in total. The summed E-state index contributed by atoms with van der Waals surface area (Å²) in [6.45, 7) is 4.85. The number of carbonyl (C=O) groups is 6. The summed E-state index contributed by atoms with van der Waals surface area (Å²) in [5.74, 6) is -4.76. The van der Waals surface area contributed by atoms with Gasteiger partial charge >= 0.3 is 23.1 Å². The Morgan fingerprint density at radius 3 is 1.10 bits per heavy atom. The number of ether oxygens (including phenoxy) is 6. The van der Waals surface area contributed by atoms with E-state index in [0.29, 0.717) is 132 Å². The largest absolute Gasteiger partial charge is 2.00 e. The topological polar surface area (TPSA) is 278 Å². The molecule has 0 atom stereocenters. The van der Waals surface area contributed by atoms with Gasteiger partial charge < -0.3 is 69.5 Å². The molecule has 25 heteroatoms. The number of amides is 4. The van der Waals surface area contributed by atoms with Gasteiger partial charge in [0.1, 0.15) is 34.0 Å². The summed E-state index contributed by atoms with van der Waals surface area (Å²) in [5.41, 5.74) is -0.591. The Kier molecular flexibility index (Phi) is 22.6. The number of hydrogen-bond donors (Lipinski definition) is 4. The zero-order chi connectivity index (χ0) is 64.0. The van der Waals surface area contributed by atoms with Gasteiger partial charge in [-0.05, 0) is 175 Å². The maximum absolute atomic E-state index is 15.2. The molecule has 0 radical (unpaired) electrons. The van der Waals surface area contributed by atoms with Crippen molar-refractivity contribution in [1.82, 2.24) is 9.97 Å². The fourth-order valence-electron chi connectivity index (χ4n) is 9.30. The second-order valence-corrected chi connectivity index (χ2v) is 21.0. The molecular formula is C66H60F4MgN6O14. The number of carbonyl (C=O) groups excluding carboxylic acids is 6. The summed E-state index contributed by atoms with van der Waals surface area (Å²) >= 11 is 0. The summed E-state index contributed by atoms with van der Waals surface area (Å²) in [6, 6.07) is 28.1. The summed E-state index contributed by atoms with van der Waals surface area (Å²) < 4.78 is 91.7. The van der Waals surface area contributed by atoms with Crippen LogP contribution in [-0.4, -0.2) is 95.0 Å². The summed E-state index contributed by atoms with van der Waals surface area (Å²) in [5, 5.41) is 32.8. The molecule has 10 rings (SSSR count). The number of unbranched alkanes of at least 4 members (excludes halogenated alkanes) is 2. The maximum Gasteiger partial charge on any atom is 2.00 e. The molecule has 0 saturated heterocycles. The average molecular weight is 1260 g/mol. The Morgan fingerprint density at radius 2 is 0.769 bits per heavy atom. The van der Waals surface area contributed by atoms with Crippen LogP contribution in [0.3, 0.4) is 0 Å². The van der Waals surface area contributed by atoms with Crippen molar-refractivity contribution >= 4 is 103 Å². The molecule has 4 amide bonds. The normalized spacial score (nSPS) is 13.0. The van der Waals surface area contributed by atoms with Gasteiger partial charge in [-0.1, -0.05) is 0 Å². The number of carboxylic acids is 2. The van der Waals surface area contributed by atoms with Gasteiger partial charge in [-0.15, -0.1) is 0 Å². The number of aliphatic carboxylic acids is 2. The van der Waals surface area contributed by atoms with Gasteiger partial charge in [0.25, 0.3) is 0 Å². The fourth-order valence-corrected chi connectivity index (χ4v) is 9.30. The van der Waals surface area contributed by atoms with Gasteiger partial charge in [0.05, 0.1) is 37.5 Å². The van der Waals surface area contributed by atoms with E-state index in [9.17, 15) is 47.8 Å². The zero-order valence-electron chi connectivity index (χ0n) is 49.4.